The highest BCUT2D eigenvalue weighted by Gasteiger charge is 2.13. The van der Waals surface area contributed by atoms with Crippen molar-refractivity contribution in [3.8, 4) is 5.75 Å². The number of hydrogen-bond acceptors (Lipinski definition) is 4. The van der Waals surface area contributed by atoms with Gasteiger partial charge in [-0.15, -0.1) is 0 Å². The molecule has 0 unspecified atom stereocenters. The van der Waals surface area contributed by atoms with Crippen LogP contribution in [0, 0.1) is 13.8 Å². The molecule has 4 nitrogen and oxygen atoms in total. The second kappa shape index (κ2) is 9.78. The Kier molecular flexibility index (Phi) is 7.72. The molecule has 2 aromatic carbocycles. The molecule has 0 aromatic heterocycles. The van der Waals surface area contributed by atoms with Crippen LogP contribution >= 0.6 is 11.6 Å². The molecule has 25 heavy (non-hydrogen) atoms. The van der Waals surface area contributed by atoms with Crippen LogP contribution in [0.4, 0.5) is 0 Å². The Morgan fingerprint density at radius 3 is 2.36 bits per heavy atom. The van der Waals surface area contributed by atoms with Crippen molar-refractivity contribution in [2.24, 2.45) is 0 Å². The van der Waals surface area contributed by atoms with Gasteiger partial charge in [-0.25, -0.2) is 0 Å². The van der Waals surface area contributed by atoms with Crippen molar-refractivity contribution in [1.82, 2.24) is 4.90 Å². The van der Waals surface area contributed by atoms with Crippen LogP contribution in [0.2, 0.25) is 5.02 Å². The molecule has 0 aliphatic rings. The van der Waals surface area contributed by atoms with E-state index >= 15 is 0 Å². The molecule has 5 heteroatoms. The minimum Gasteiger partial charge on any atom is -0.491 e. The molecule has 2 N–H and O–H groups in total. The van der Waals surface area contributed by atoms with Crippen molar-refractivity contribution >= 4 is 11.6 Å². The quantitative estimate of drug-likeness (QED) is 0.718. The van der Waals surface area contributed by atoms with Gasteiger partial charge in [-0.3, -0.25) is 4.90 Å². The average Bonchev–Trinajstić information content (AvgIpc) is 2.59. The van der Waals surface area contributed by atoms with Gasteiger partial charge in [-0.1, -0.05) is 41.9 Å². The molecule has 2 rings (SSSR count). The standard InChI is InChI=1S/C20H26ClNO3/c1-15-10-19(11-16(2)20(15)21)25-14-18(24)13-22(8-9-23)12-17-6-4-3-5-7-17/h3-7,10-11,18,23-24H,8-9,12-14H2,1-2H3/t18-/m0/s1. The summed E-state index contributed by atoms with van der Waals surface area (Å²) in [5.41, 5.74) is 3.06. The van der Waals surface area contributed by atoms with Crippen molar-refractivity contribution in [1.29, 1.82) is 0 Å². The normalized spacial score (nSPS) is 12.4. The van der Waals surface area contributed by atoms with Gasteiger partial charge in [-0.2, -0.15) is 0 Å². The van der Waals surface area contributed by atoms with E-state index in [0.29, 0.717) is 25.4 Å². The molecule has 0 aliphatic carbocycles. The zero-order valence-electron chi connectivity index (χ0n) is 14.8. The fraction of sp³-hybridized carbons (Fsp3) is 0.400. The summed E-state index contributed by atoms with van der Waals surface area (Å²) in [5, 5.41) is 20.3. The molecule has 0 saturated heterocycles. The fourth-order valence-corrected chi connectivity index (χ4v) is 2.86. The van der Waals surface area contributed by atoms with Gasteiger partial charge in [0.05, 0.1) is 6.61 Å². The Hall–Kier alpha value is -1.59. The monoisotopic (exact) mass is 363 g/mol. The van der Waals surface area contributed by atoms with E-state index in [9.17, 15) is 10.2 Å². The molecule has 0 saturated carbocycles. The van der Waals surface area contributed by atoms with Gasteiger partial charge in [0.25, 0.3) is 0 Å². The summed E-state index contributed by atoms with van der Waals surface area (Å²) < 4.78 is 5.72. The third-order valence-electron chi connectivity index (χ3n) is 3.99. The first-order chi connectivity index (χ1) is 12.0. The van der Waals surface area contributed by atoms with Crippen LogP contribution < -0.4 is 4.74 Å². The molecule has 0 aliphatic heterocycles. The van der Waals surface area contributed by atoms with Gasteiger partial charge in [0.15, 0.2) is 0 Å². The van der Waals surface area contributed by atoms with Crippen LogP contribution in [0.15, 0.2) is 42.5 Å². The Labute approximate surface area is 154 Å². The van der Waals surface area contributed by atoms with Crippen LogP contribution in [0.5, 0.6) is 5.75 Å². The minimum atomic E-state index is -0.647. The lowest BCUT2D eigenvalue weighted by molar-refractivity contribution is 0.0590. The first kappa shape index (κ1) is 19.7. The summed E-state index contributed by atoms with van der Waals surface area (Å²) in [5.74, 6) is 0.704. The molecule has 136 valence electrons. The van der Waals surface area contributed by atoms with Crippen LogP contribution in [0.25, 0.3) is 0 Å². The lowest BCUT2D eigenvalue weighted by Crippen LogP contribution is -2.37. The molecule has 0 bridgehead atoms. The van der Waals surface area contributed by atoms with Crippen molar-refractivity contribution < 1.29 is 14.9 Å². The predicted octanol–water partition coefficient (Wildman–Crippen LogP) is 3.19. The smallest absolute Gasteiger partial charge is 0.120 e. The topological polar surface area (TPSA) is 52.9 Å². The van der Waals surface area contributed by atoms with Crippen molar-refractivity contribution in [2.75, 3.05) is 26.3 Å². The number of aryl methyl sites for hydroxylation is 2. The van der Waals surface area contributed by atoms with Gasteiger partial charge in [0, 0.05) is 24.7 Å². The fourth-order valence-electron chi connectivity index (χ4n) is 2.75. The highest BCUT2D eigenvalue weighted by molar-refractivity contribution is 6.32. The molecule has 0 radical (unpaired) electrons. The number of nitrogens with zero attached hydrogens (tertiary/aromatic N) is 1. The first-order valence-electron chi connectivity index (χ1n) is 8.44. The van der Waals surface area contributed by atoms with E-state index in [0.717, 1.165) is 21.7 Å². The van der Waals surface area contributed by atoms with Gasteiger partial charge in [0.1, 0.15) is 18.5 Å². The molecular weight excluding hydrogens is 338 g/mol. The van der Waals surface area contributed by atoms with Gasteiger partial charge in [-0.05, 0) is 42.7 Å². The summed E-state index contributed by atoms with van der Waals surface area (Å²) in [6.07, 6.45) is -0.647. The molecule has 0 heterocycles. The average molecular weight is 364 g/mol. The molecule has 0 fully saturated rings. The lowest BCUT2D eigenvalue weighted by Gasteiger charge is -2.24. The molecule has 1 atom stereocenters. The number of aliphatic hydroxyl groups excluding tert-OH is 2. The number of rotatable bonds is 9. The summed E-state index contributed by atoms with van der Waals surface area (Å²) in [6.45, 7) is 5.72. The summed E-state index contributed by atoms with van der Waals surface area (Å²) >= 11 is 6.16. The van der Waals surface area contributed by atoms with Crippen molar-refractivity contribution in [3.05, 3.63) is 64.2 Å². The second-order valence-corrected chi connectivity index (χ2v) is 6.66. The van der Waals surface area contributed by atoms with Crippen molar-refractivity contribution in [2.45, 2.75) is 26.5 Å². The van der Waals surface area contributed by atoms with E-state index in [1.807, 2.05) is 61.2 Å². The maximum atomic E-state index is 10.3. The third-order valence-corrected chi connectivity index (χ3v) is 4.58. The van der Waals surface area contributed by atoms with E-state index in [-0.39, 0.29) is 13.2 Å². The zero-order chi connectivity index (χ0) is 18.2. The number of ether oxygens (including phenoxy) is 1. The third kappa shape index (κ3) is 6.33. The SMILES string of the molecule is Cc1cc(OC[C@@H](O)CN(CCO)Cc2ccccc2)cc(C)c1Cl. The van der Waals surface area contributed by atoms with E-state index in [1.165, 1.54) is 0 Å². The Morgan fingerprint density at radius 1 is 1.12 bits per heavy atom. The molecule has 2 aromatic rings. The predicted molar refractivity (Wildman–Crippen MR) is 101 cm³/mol. The Balaban J connectivity index is 1.89. The lowest BCUT2D eigenvalue weighted by atomic mass is 10.1. The summed E-state index contributed by atoms with van der Waals surface area (Å²) in [4.78, 5) is 2.02. The second-order valence-electron chi connectivity index (χ2n) is 6.28. The molecular formula is C20H26ClNO3. The van der Waals surface area contributed by atoms with Crippen LogP contribution in [-0.4, -0.2) is 47.5 Å². The maximum Gasteiger partial charge on any atom is 0.120 e. The summed E-state index contributed by atoms with van der Waals surface area (Å²) in [6, 6.07) is 13.8. The van der Waals surface area contributed by atoms with E-state index in [2.05, 4.69) is 0 Å². The number of benzene rings is 2. The maximum absolute atomic E-state index is 10.3. The minimum absolute atomic E-state index is 0.0516. The zero-order valence-corrected chi connectivity index (χ0v) is 15.5. The highest BCUT2D eigenvalue weighted by atomic mass is 35.5. The molecule has 0 amide bonds. The largest absolute Gasteiger partial charge is 0.491 e. The van der Waals surface area contributed by atoms with Crippen LogP contribution in [0.3, 0.4) is 0 Å². The Morgan fingerprint density at radius 2 is 1.76 bits per heavy atom. The van der Waals surface area contributed by atoms with E-state index in [1.54, 1.807) is 0 Å². The number of hydrogen-bond donors (Lipinski definition) is 2. The van der Waals surface area contributed by atoms with Gasteiger partial charge < -0.3 is 14.9 Å². The highest BCUT2D eigenvalue weighted by Crippen LogP contribution is 2.25. The number of halogens is 1. The first-order valence-corrected chi connectivity index (χ1v) is 8.82. The van der Waals surface area contributed by atoms with Crippen LogP contribution in [0.1, 0.15) is 16.7 Å². The van der Waals surface area contributed by atoms with Crippen LogP contribution in [-0.2, 0) is 6.54 Å². The van der Waals surface area contributed by atoms with Gasteiger partial charge >= 0.3 is 0 Å². The van der Waals surface area contributed by atoms with E-state index in [4.69, 9.17) is 16.3 Å². The summed E-state index contributed by atoms with van der Waals surface area (Å²) in [7, 11) is 0. The van der Waals surface area contributed by atoms with Gasteiger partial charge in [0.2, 0.25) is 0 Å². The number of aliphatic hydroxyl groups is 2. The van der Waals surface area contributed by atoms with E-state index < -0.39 is 6.10 Å². The Bertz CT molecular complexity index is 640. The van der Waals surface area contributed by atoms with Crippen molar-refractivity contribution in [3.63, 3.8) is 0 Å². The molecule has 0 spiro atoms.